The number of rotatable bonds is 4. The van der Waals surface area contributed by atoms with E-state index >= 15 is 0 Å². The predicted molar refractivity (Wildman–Crippen MR) is 90.4 cm³/mol. The van der Waals surface area contributed by atoms with E-state index in [0.717, 1.165) is 27.6 Å². The number of nitrogens with one attached hydrogen (secondary N) is 1. The molecule has 0 atom stereocenters. The Morgan fingerprint density at radius 1 is 1.18 bits per heavy atom. The molecule has 1 aromatic carbocycles. The van der Waals surface area contributed by atoms with Crippen LogP contribution in [0.25, 0.3) is 22.1 Å². The molecule has 3 aromatic rings. The molecule has 0 aliphatic rings. The van der Waals surface area contributed by atoms with Gasteiger partial charge in [0.1, 0.15) is 0 Å². The lowest BCUT2D eigenvalue weighted by Gasteiger charge is -1.97. The predicted octanol–water partition coefficient (Wildman–Crippen LogP) is 3.71. The van der Waals surface area contributed by atoms with Crippen molar-refractivity contribution in [2.75, 3.05) is 6.54 Å². The van der Waals surface area contributed by atoms with Crippen molar-refractivity contribution >= 4 is 34.5 Å². The van der Waals surface area contributed by atoms with Crippen molar-refractivity contribution in [3.8, 4) is 22.1 Å². The van der Waals surface area contributed by atoms with Crippen molar-refractivity contribution in [1.29, 1.82) is 0 Å². The van der Waals surface area contributed by atoms with Gasteiger partial charge in [-0.05, 0) is 31.7 Å². The first-order valence-corrected chi connectivity index (χ1v) is 8.19. The number of aromatic nitrogens is 4. The fraction of sp³-hybridized carbons (Fsp3) is 0.214. The van der Waals surface area contributed by atoms with E-state index in [1.54, 1.807) is 29.5 Å². The molecule has 0 unspecified atom stereocenters. The molecule has 2 aromatic heterocycles. The Balaban J connectivity index is 1.96. The summed E-state index contributed by atoms with van der Waals surface area (Å²) in [6.07, 6.45) is 0.760. The summed E-state index contributed by atoms with van der Waals surface area (Å²) in [6.45, 7) is 2.53. The van der Waals surface area contributed by atoms with Gasteiger partial charge in [0.15, 0.2) is 11.6 Å². The molecule has 3 rings (SSSR count). The van der Waals surface area contributed by atoms with Crippen LogP contribution in [-0.2, 0) is 6.42 Å². The summed E-state index contributed by atoms with van der Waals surface area (Å²) >= 11 is 13.6. The highest BCUT2D eigenvalue weighted by Crippen LogP contribution is 2.30. The molecule has 0 saturated heterocycles. The zero-order chi connectivity index (χ0) is 15.7. The molecule has 22 heavy (non-hydrogen) atoms. The Labute approximate surface area is 141 Å². The van der Waals surface area contributed by atoms with Crippen LogP contribution < -0.4 is 5.73 Å². The number of nitrogens with two attached hydrogens (primary N) is 1. The minimum Gasteiger partial charge on any atom is -0.330 e. The van der Waals surface area contributed by atoms with E-state index in [1.807, 2.05) is 6.92 Å². The maximum Gasteiger partial charge on any atom is 0.181 e. The molecule has 0 radical (unpaired) electrons. The van der Waals surface area contributed by atoms with Gasteiger partial charge in [0, 0.05) is 22.0 Å². The van der Waals surface area contributed by atoms with Crippen LogP contribution in [0.3, 0.4) is 0 Å². The fourth-order valence-electron chi connectivity index (χ4n) is 2.08. The van der Waals surface area contributed by atoms with Crippen molar-refractivity contribution in [1.82, 2.24) is 20.2 Å². The first kappa shape index (κ1) is 15.4. The second kappa shape index (κ2) is 6.34. The van der Waals surface area contributed by atoms with Crippen LogP contribution in [0.1, 0.15) is 10.7 Å². The summed E-state index contributed by atoms with van der Waals surface area (Å²) in [4.78, 5) is 9.99. The molecule has 0 amide bonds. The number of hydrogen-bond acceptors (Lipinski definition) is 5. The van der Waals surface area contributed by atoms with Gasteiger partial charge in [0.05, 0.1) is 15.6 Å². The lowest BCUT2D eigenvalue weighted by molar-refractivity contribution is 0.945. The van der Waals surface area contributed by atoms with E-state index in [9.17, 15) is 0 Å². The normalized spacial score (nSPS) is 11.1. The highest BCUT2D eigenvalue weighted by Gasteiger charge is 2.15. The Morgan fingerprint density at radius 3 is 2.59 bits per heavy atom. The van der Waals surface area contributed by atoms with Crippen LogP contribution in [-0.4, -0.2) is 26.7 Å². The molecule has 0 aliphatic heterocycles. The highest BCUT2D eigenvalue weighted by atomic mass is 35.5. The molecule has 0 saturated carbocycles. The fourth-order valence-corrected chi connectivity index (χ4v) is 3.62. The largest absolute Gasteiger partial charge is 0.330 e. The molecule has 0 spiro atoms. The van der Waals surface area contributed by atoms with Crippen LogP contribution in [0.15, 0.2) is 18.2 Å². The Morgan fingerprint density at radius 2 is 1.91 bits per heavy atom. The first-order valence-electron chi connectivity index (χ1n) is 6.62. The van der Waals surface area contributed by atoms with E-state index in [0.29, 0.717) is 28.2 Å². The van der Waals surface area contributed by atoms with Gasteiger partial charge in [-0.3, -0.25) is 5.10 Å². The number of H-pyrrole nitrogens is 1. The number of aryl methyl sites for hydroxylation is 1. The summed E-state index contributed by atoms with van der Waals surface area (Å²) in [6, 6.07) is 5.23. The lowest BCUT2D eigenvalue weighted by Crippen LogP contribution is -2.01. The van der Waals surface area contributed by atoms with Gasteiger partial charge in [0.2, 0.25) is 0 Å². The molecule has 0 aliphatic carbocycles. The highest BCUT2D eigenvalue weighted by molar-refractivity contribution is 7.15. The zero-order valence-corrected chi connectivity index (χ0v) is 14.1. The minimum absolute atomic E-state index is 0.549. The van der Waals surface area contributed by atoms with E-state index in [1.165, 1.54) is 0 Å². The van der Waals surface area contributed by atoms with Crippen molar-refractivity contribution in [3.05, 3.63) is 38.9 Å². The average molecular weight is 354 g/mol. The Bertz CT molecular complexity index is 791. The van der Waals surface area contributed by atoms with Crippen LogP contribution >= 0.6 is 34.5 Å². The van der Waals surface area contributed by atoms with Crippen LogP contribution in [0, 0.1) is 6.92 Å². The molecular formula is C14H13Cl2N5S. The number of halogens is 2. The number of aromatic amines is 1. The van der Waals surface area contributed by atoms with Gasteiger partial charge in [-0.25, -0.2) is 9.97 Å². The monoisotopic (exact) mass is 353 g/mol. The van der Waals surface area contributed by atoms with Gasteiger partial charge in [-0.15, -0.1) is 11.3 Å². The molecule has 0 fully saturated rings. The van der Waals surface area contributed by atoms with E-state index in [2.05, 4.69) is 20.2 Å². The lowest BCUT2D eigenvalue weighted by atomic mass is 10.2. The number of thiazole rings is 1. The zero-order valence-electron chi connectivity index (χ0n) is 11.7. The van der Waals surface area contributed by atoms with Gasteiger partial charge in [-0.1, -0.05) is 23.2 Å². The second-order valence-electron chi connectivity index (χ2n) is 4.73. The van der Waals surface area contributed by atoms with Crippen molar-refractivity contribution in [2.24, 2.45) is 5.73 Å². The first-order chi connectivity index (χ1) is 10.6. The molecule has 114 valence electrons. The topological polar surface area (TPSA) is 80.5 Å². The molecule has 0 bridgehead atoms. The van der Waals surface area contributed by atoms with Gasteiger partial charge in [-0.2, -0.15) is 5.10 Å². The average Bonchev–Trinajstić information content (AvgIpc) is 3.05. The van der Waals surface area contributed by atoms with E-state index in [-0.39, 0.29) is 0 Å². The summed E-state index contributed by atoms with van der Waals surface area (Å²) in [5.41, 5.74) is 7.26. The van der Waals surface area contributed by atoms with Crippen molar-refractivity contribution in [3.63, 3.8) is 0 Å². The van der Waals surface area contributed by atoms with Gasteiger partial charge >= 0.3 is 0 Å². The minimum atomic E-state index is 0.549. The molecular weight excluding hydrogens is 341 g/mol. The summed E-state index contributed by atoms with van der Waals surface area (Å²) < 4.78 is 0. The van der Waals surface area contributed by atoms with Crippen LogP contribution in [0.4, 0.5) is 0 Å². The second-order valence-corrected chi connectivity index (χ2v) is 6.68. The third kappa shape index (κ3) is 3.15. The number of nitrogens with zero attached hydrogens (tertiary/aromatic N) is 3. The standard InChI is InChI=1S/C14H13Cl2N5S/c1-7-12(22-11(18-7)2-3-17)14-19-13(20-21-14)8-4-9(15)6-10(16)5-8/h4-6H,2-3,17H2,1H3,(H,19,20,21). The number of hydrogen-bond donors (Lipinski definition) is 2. The molecule has 2 heterocycles. The molecule has 8 heteroatoms. The quantitative estimate of drug-likeness (QED) is 0.748. The van der Waals surface area contributed by atoms with Gasteiger partial charge in [0.25, 0.3) is 0 Å². The van der Waals surface area contributed by atoms with Crippen molar-refractivity contribution in [2.45, 2.75) is 13.3 Å². The Kier molecular flexibility index (Phi) is 4.44. The van der Waals surface area contributed by atoms with Crippen molar-refractivity contribution < 1.29 is 0 Å². The van der Waals surface area contributed by atoms with E-state index in [4.69, 9.17) is 28.9 Å². The molecule has 3 N–H and O–H groups in total. The summed E-state index contributed by atoms with van der Waals surface area (Å²) in [5, 5.41) is 9.29. The van der Waals surface area contributed by atoms with Crippen LogP contribution in [0.5, 0.6) is 0 Å². The Hall–Kier alpha value is -1.47. The summed E-state index contributed by atoms with van der Waals surface area (Å²) in [5.74, 6) is 1.23. The maximum atomic E-state index is 6.02. The van der Waals surface area contributed by atoms with Gasteiger partial charge < -0.3 is 5.73 Å². The van der Waals surface area contributed by atoms with Crippen LogP contribution in [0.2, 0.25) is 10.0 Å². The number of benzene rings is 1. The maximum absolute atomic E-state index is 6.02. The summed E-state index contributed by atoms with van der Waals surface area (Å²) in [7, 11) is 0. The molecule has 5 nitrogen and oxygen atoms in total. The van der Waals surface area contributed by atoms with E-state index < -0.39 is 0 Å². The third-order valence-corrected chi connectivity index (χ3v) is 4.68. The SMILES string of the molecule is Cc1nc(CCN)sc1-c1nc(-c2cc(Cl)cc(Cl)c2)n[nH]1. The smallest absolute Gasteiger partial charge is 0.181 e. The third-order valence-electron chi connectivity index (χ3n) is 3.02.